The number of nitrogens with zero attached hydrogens (tertiary/aromatic N) is 3. The first-order valence-electron chi connectivity index (χ1n) is 12.4. The van der Waals surface area contributed by atoms with Gasteiger partial charge in [0.05, 0.1) is 6.54 Å². The summed E-state index contributed by atoms with van der Waals surface area (Å²) in [4.78, 5) is 27.9. The molecule has 0 radical (unpaired) electrons. The van der Waals surface area contributed by atoms with E-state index >= 15 is 0 Å². The van der Waals surface area contributed by atoms with Crippen molar-refractivity contribution < 1.29 is 14.6 Å². The summed E-state index contributed by atoms with van der Waals surface area (Å²) in [7, 11) is 0. The maximum atomic E-state index is 13.1. The molecule has 8 heteroatoms. The first-order valence-corrected chi connectivity index (χ1v) is 13.4. The van der Waals surface area contributed by atoms with E-state index in [9.17, 15) is 14.7 Å². The molecule has 194 valence electrons. The molecule has 0 aliphatic carbocycles. The number of aromatic nitrogens is 1. The second kappa shape index (κ2) is 12.1. The number of amides is 1. The van der Waals surface area contributed by atoms with Crippen LogP contribution in [0.4, 0.5) is 0 Å². The van der Waals surface area contributed by atoms with Crippen molar-refractivity contribution in [3.63, 3.8) is 0 Å². The highest BCUT2D eigenvalue weighted by molar-refractivity contribution is 7.98. The van der Waals surface area contributed by atoms with Crippen molar-refractivity contribution in [2.24, 2.45) is 5.92 Å². The molecule has 0 saturated heterocycles. The molecule has 2 aliphatic rings. The molecule has 0 spiro atoms. The topological polar surface area (TPSA) is 75.0 Å². The maximum absolute atomic E-state index is 13.1. The minimum Gasteiger partial charge on any atom is -0.502 e. The monoisotopic (exact) mass is 519 g/mol. The van der Waals surface area contributed by atoms with Crippen LogP contribution < -0.4 is 15.2 Å². The van der Waals surface area contributed by atoms with Crippen molar-refractivity contribution in [2.45, 2.75) is 38.0 Å². The quantitative estimate of drug-likeness (QED) is 0.421. The van der Waals surface area contributed by atoms with Crippen molar-refractivity contribution in [3.05, 3.63) is 100.0 Å². The SMILES string of the molecule is CC(C)C.O=C1c2c(O)c(=O)ccn2N2Cc3ccccc3SCc3cccc(c3)OC/C=C/CN1C2. The Morgan fingerprint density at radius 3 is 2.59 bits per heavy atom. The van der Waals surface area contributed by atoms with Gasteiger partial charge in [-0.25, -0.2) is 0 Å². The Labute approximate surface area is 222 Å². The van der Waals surface area contributed by atoms with Gasteiger partial charge in [0.1, 0.15) is 19.0 Å². The summed E-state index contributed by atoms with van der Waals surface area (Å²) in [6.07, 6.45) is 5.28. The second-order valence-corrected chi connectivity index (χ2v) is 10.6. The van der Waals surface area contributed by atoms with E-state index in [4.69, 9.17) is 4.74 Å². The van der Waals surface area contributed by atoms with Gasteiger partial charge in [-0.15, -0.1) is 11.8 Å². The normalized spacial score (nSPS) is 16.2. The number of thioether (sulfide) groups is 1. The summed E-state index contributed by atoms with van der Waals surface area (Å²) in [6, 6.07) is 17.5. The van der Waals surface area contributed by atoms with E-state index in [2.05, 4.69) is 45.0 Å². The zero-order chi connectivity index (χ0) is 26.4. The zero-order valence-corrected chi connectivity index (χ0v) is 22.3. The van der Waals surface area contributed by atoms with Crippen LogP contribution >= 0.6 is 11.8 Å². The van der Waals surface area contributed by atoms with E-state index in [1.165, 1.54) is 11.6 Å². The van der Waals surface area contributed by atoms with Gasteiger partial charge in [0.15, 0.2) is 11.4 Å². The van der Waals surface area contributed by atoms with Gasteiger partial charge in [0.2, 0.25) is 5.43 Å². The standard InChI is InChI=1S/C25H23N3O4S.C4H10/c29-21-10-12-28-23(24(21)30)25(31)26-11-3-4-13-32-20-8-5-6-18(14-20)16-33-22-9-2-1-7-19(22)15-27(28)17-26;1-4(2)3/h1-10,12,14,30H,11,13,15-17H2;4H,1-3H3/b4-3+;. The molecule has 1 amide bonds. The molecule has 0 saturated carbocycles. The number of ether oxygens (including phenoxy) is 1. The summed E-state index contributed by atoms with van der Waals surface area (Å²) in [6.45, 7) is 8.04. The van der Waals surface area contributed by atoms with Crippen molar-refractivity contribution >= 4 is 17.7 Å². The first-order chi connectivity index (χ1) is 17.8. The number of carbonyl (C=O) groups excluding carboxylic acids is 1. The minimum atomic E-state index is -0.570. The third kappa shape index (κ3) is 6.57. The molecule has 37 heavy (non-hydrogen) atoms. The van der Waals surface area contributed by atoms with Crippen LogP contribution in [0, 0.1) is 5.92 Å². The van der Waals surface area contributed by atoms with Gasteiger partial charge in [-0.3, -0.25) is 19.3 Å². The molecule has 4 bridgehead atoms. The average molecular weight is 520 g/mol. The first kappa shape index (κ1) is 26.4. The number of rotatable bonds is 0. The smallest absolute Gasteiger partial charge is 0.278 e. The third-order valence-corrected chi connectivity index (χ3v) is 6.83. The van der Waals surface area contributed by atoms with Crippen LogP contribution in [0.2, 0.25) is 0 Å². The van der Waals surface area contributed by atoms with Crippen molar-refractivity contribution in [3.8, 4) is 11.5 Å². The zero-order valence-electron chi connectivity index (χ0n) is 21.5. The van der Waals surface area contributed by atoms with Crippen LogP contribution in [-0.4, -0.2) is 40.4 Å². The number of aromatic hydroxyl groups is 1. The fraction of sp³-hybridized carbons (Fsp3) is 0.310. The summed E-state index contributed by atoms with van der Waals surface area (Å²) in [5.41, 5.74) is 1.68. The molecule has 2 aliphatic heterocycles. The molecule has 5 rings (SSSR count). The van der Waals surface area contributed by atoms with Crippen molar-refractivity contribution in [1.29, 1.82) is 0 Å². The largest absolute Gasteiger partial charge is 0.502 e. The van der Waals surface area contributed by atoms with Gasteiger partial charge >= 0.3 is 0 Å². The van der Waals surface area contributed by atoms with E-state index in [0.29, 0.717) is 26.4 Å². The van der Waals surface area contributed by atoms with Gasteiger partial charge in [-0.2, -0.15) is 0 Å². The highest BCUT2D eigenvalue weighted by atomic mass is 32.2. The molecule has 7 nitrogen and oxygen atoms in total. The van der Waals surface area contributed by atoms with Gasteiger partial charge in [-0.05, 0) is 41.3 Å². The second-order valence-electron chi connectivity index (χ2n) is 9.61. The lowest BCUT2D eigenvalue weighted by Gasteiger charge is -2.39. The van der Waals surface area contributed by atoms with Crippen LogP contribution in [0.15, 0.2) is 82.6 Å². The van der Waals surface area contributed by atoms with E-state index in [0.717, 1.165) is 27.9 Å². The van der Waals surface area contributed by atoms with Gasteiger partial charge < -0.3 is 14.7 Å². The Morgan fingerprint density at radius 2 is 1.78 bits per heavy atom. The van der Waals surface area contributed by atoms with Gasteiger partial charge in [0.25, 0.3) is 5.91 Å². The molecule has 3 heterocycles. The highest BCUT2D eigenvalue weighted by Gasteiger charge is 2.32. The predicted octanol–water partition coefficient (Wildman–Crippen LogP) is 5.01. The molecule has 2 aromatic carbocycles. The molecule has 1 aromatic heterocycles. The number of hydrogen-bond donors (Lipinski definition) is 1. The van der Waals surface area contributed by atoms with Gasteiger partial charge in [0, 0.05) is 29.5 Å². The Balaban J connectivity index is 0.000000747. The predicted molar refractivity (Wildman–Crippen MR) is 148 cm³/mol. The molecule has 0 unspecified atom stereocenters. The summed E-state index contributed by atoms with van der Waals surface area (Å²) < 4.78 is 7.44. The lowest BCUT2D eigenvalue weighted by molar-refractivity contribution is 0.0706. The Kier molecular flexibility index (Phi) is 8.61. The lowest BCUT2D eigenvalue weighted by Crippen LogP contribution is -2.53. The summed E-state index contributed by atoms with van der Waals surface area (Å²) in [5, 5.41) is 12.4. The van der Waals surface area contributed by atoms with E-state index in [1.807, 2.05) is 41.4 Å². The highest BCUT2D eigenvalue weighted by Crippen LogP contribution is 2.29. The Morgan fingerprint density at radius 1 is 1.00 bits per heavy atom. The number of carbonyl (C=O) groups is 1. The number of pyridine rings is 1. The van der Waals surface area contributed by atoms with Crippen molar-refractivity contribution in [2.75, 3.05) is 24.8 Å². The van der Waals surface area contributed by atoms with E-state index in [1.54, 1.807) is 27.5 Å². The van der Waals surface area contributed by atoms with Crippen LogP contribution in [0.25, 0.3) is 0 Å². The fourth-order valence-electron chi connectivity index (χ4n) is 3.97. The molecule has 1 N–H and O–H groups in total. The molecule has 3 aromatic rings. The summed E-state index contributed by atoms with van der Waals surface area (Å²) >= 11 is 1.74. The van der Waals surface area contributed by atoms with Crippen LogP contribution in [0.3, 0.4) is 0 Å². The molecular formula is C29H33N3O4S. The Bertz CT molecular complexity index is 1330. The van der Waals surface area contributed by atoms with Crippen LogP contribution in [0.1, 0.15) is 42.4 Å². The molecule has 0 fully saturated rings. The number of benzene rings is 2. The van der Waals surface area contributed by atoms with Crippen molar-refractivity contribution in [1.82, 2.24) is 9.58 Å². The average Bonchev–Trinajstić information content (AvgIpc) is 2.87. The molecular weight excluding hydrogens is 486 g/mol. The minimum absolute atomic E-state index is 0.0142. The Hall–Kier alpha value is -3.65. The third-order valence-electron chi connectivity index (χ3n) is 5.64. The summed E-state index contributed by atoms with van der Waals surface area (Å²) in [5.74, 6) is 1.51. The number of fused-ring (bicyclic) bond motifs is 7. The molecule has 0 atom stereocenters. The van der Waals surface area contributed by atoms with E-state index in [-0.39, 0.29) is 11.6 Å². The number of hydrogen-bond acceptors (Lipinski definition) is 6. The van der Waals surface area contributed by atoms with Gasteiger partial charge in [-0.1, -0.05) is 57.2 Å². The fourth-order valence-corrected chi connectivity index (χ4v) is 4.96. The van der Waals surface area contributed by atoms with Crippen LogP contribution in [-0.2, 0) is 12.3 Å². The maximum Gasteiger partial charge on any atom is 0.278 e. The van der Waals surface area contributed by atoms with E-state index < -0.39 is 11.2 Å². The van der Waals surface area contributed by atoms with Crippen LogP contribution in [0.5, 0.6) is 11.5 Å². The lowest BCUT2D eigenvalue weighted by atomic mass is 10.2.